The SMILES string of the molecule is CCc1cccc(CC)c1NCc1csc(N)n1. The molecule has 0 bridgehead atoms. The van der Waals surface area contributed by atoms with Gasteiger partial charge >= 0.3 is 0 Å². The number of anilines is 2. The second-order valence-electron chi connectivity index (χ2n) is 4.19. The van der Waals surface area contributed by atoms with Gasteiger partial charge in [-0.2, -0.15) is 0 Å². The van der Waals surface area contributed by atoms with Gasteiger partial charge in [0, 0.05) is 11.1 Å². The average molecular weight is 261 g/mol. The summed E-state index contributed by atoms with van der Waals surface area (Å²) in [6.45, 7) is 5.10. The molecule has 1 aromatic heterocycles. The number of nitrogens with zero attached hydrogens (tertiary/aromatic N) is 1. The van der Waals surface area contributed by atoms with E-state index in [4.69, 9.17) is 5.73 Å². The summed E-state index contributed by atoms with van der Waals surface area (Å²) in [5.74, 6) is 0. The molecule has 0 spiro atoms. The maximum Gasteiger partial charge on any atom is 0.180 e. The molecule has 2 aromatic rings. The molecular weight excluding hydrogens is 242 g/mol. The van der Waals surface area contributed by atoms with Gasteiger partial charge in [-0.15, -0.1) is 11.3 Å². The van der Waals surface area contributed by atoms with E-state index in [2.05, 4.69) is 42.3 Å². The highest BCUT2D eigenvalue weighted by Crippen LogP contribution is 2.23. The van der Waals surface area contributed by atoms with Gasteiger partial charge in [0.15, 0.2) is 5.13 Å². The molecule has 1 heterocycles. The van der Waals surface area contributed by atoms with Crippen molar-refractivity contribution < 1.29 is 0 Å². The Hall–Kier alpha value is -1.55. The number of hydrogen-bond acceptors (Lipinski definition) is 4. The number of hydrogen-bond donors (Lipinski definition) is 2. The molecule has 96 valence electrons. The molecule has 3 N–H and O–H groups in total. The number of rotatable bonds is 5. The van der Waals surface area contributed by atoms with Crippen molar-refractivity contribution in [1.82, 2.24) is 4.98 Å². The largest absolute Gasteiger partial charge is 0.379 e. The monoisotopic (exact) mass is 261 g/mol. The van der Waals surface area contributed by atoms with E-state index < -0.39 is 0 Å². The van der Waals surface area contributed by atoms with Crippen LogP contribution in [0.15, 0.2) is 23.6 Å². The first-order valence-corrected chi connectivity index (χ1v) is 7.17. The lowest BCUT2D eigenvalue weighted by Crippen LogP contribution is -2.05. The third-order valence-electron chi connectivity index (χ3n) is 3.01. The van der Waals surface area contributed by atoms with E-state index in [1.165, 1.54) is 28.2 Å². The molecule has 0 saturated carbocycles. The summed E-state index contributed by atoms with van der Waals surface area (Å²) in [5, 5.41) is 6.14. The van der Waals surface area contributed by atoms with Crippen molar-refractivity contribution in [3.63, 3.8) is 0 Å². The maximum absolute atomic E-state index is 5.64. The minimum absolute atomic E-state index is 0.631. The lowest BCUT2D eigenvalue weighted by molar-refractivity contribution is 1.03. The van der Waals surface area contributed by atoms with Crippen LogP contribution in [0.4, 0.5) is 10.8 Å². The molecule has 0 radical (unpaired) electrons. The Balaban J connectivity index is 2.17. The zero-order valence-electron chi connectivity index (χ0n) is 10.9. The van der Waals surface area contributed by atoms with Gasteiger partial charge in [0.05, 0.1) is 12.2 Å². The molecule has 2 rings (SSSR count). The van der Waals surface area contributed by atoms with Crippen LogP contribution in [0.25, 0.3) is 0 Å². The molecule has 18 heavy (non-hydrogen) atoms. The summed E-state index contributed by atoms with van der Waals surface area (Å²) >= 11 is 1.49. The Bertz CT molecular complexity index is 497. The summed E-state index contributed by atoms with van der Waals surface area (Å²) in [5.41, 5.74) is 10.6. The van der Waals surface area contributed by atoms with E-state index in [-0.39, 0.29) is 0 Å². The minimum atomic E-state index is 0.631. The molecule has 4 heteroatoms. The highest BCUT2D eigenvalue weighted by Gasteiger charge is 2.06. The smallest absolute Gasteiger partial charge is 0.180 e. The first-order chi connectivity index (χ1) is 8.74. The first-order valence-electron chi connectivity index (χ1n) is 6.29. The Morgan fingerprint density at radius 2 is 1.89 bits per heavy atom. The Kier molecular flexibility index (Phi) is 4.20. The van der Waals surface area contributed by atoms with Crippen LogP contribution in [0.1, 0.15) is 30.7 Å². The molecule has 0 unspecified atom stereocenters. The normalized spacial score (nSPS) is 10.6. The van der Waals surface area contributed by atoms with Gasteiger partial charge in [-0.3, -0.25) is 0 Å². The van der Waals surface area contributed by atoms with Gasteiger partial charge in [-0.1, -0.05) is 32.0 Å². The highest BCUT2D eigenvalue weighted by molar-refractivity contribution is 7.13. The zero-order chi connectivity index (χ0) is 13.0. The Labute approximate surface area is 112 Å². The fourth-order valence-electron chi connectivity index (χ4n) is 2.05. The van der Waals surface area contributed by atoms with E-state index in [0.717, 1.165) is 25.1 Å². The van der Waals surface area contributed by atoms with Crippen LogP contribution in [0, 0.1) is 0 Å². The Morgan fingerprint density at radius 3 is 2.39 bits per heavy atom. The van der Waals surface area contributed by atoms with Gasteiger partial charge < -0.3 is 11.1 Å². The number of benzene rings is 1. The second kappa shape index (κ2) is 5.87. The summed E-state index contributed by atoms with van der Waals surface area (Å²) in [6.07, 6.45) is 2.07. The van der Waals surface area contributed by atoms with Gasteiger partial charge in [-0.05, 0) is 24.0 Å². The quantitative estimate of drug-likeness (QED) is 0.866. The standard InChI is InChI=1S/C14H19N3S/c1-3-10-6-5-7-11(4-2)13(10)16-8-12-9-18-14(15)17-12/h5-7,9,16H,3-4,8H2,1-2H3,(H2,15,17). The summed E-state index contributed by atoms with van der Waals surface area (Å²) in [4.78, 5) is 4.27. The summed E-state index contributed by atoms with van der Waals surface area (Å²) in [6, 6.07) is 6.48. The van der Waals surface area contributed by atoms with Crippen molar-refractivity contribution in [2.75, 3.05) is 11.1 Å². The van der Waals surface area contributed by atoms with Crippen LogP contribution >= 0.6 is 11.3 Å². The van der Waals surface area contributed by atoms with Crippen molar-refractivity contribution in [3.05, 3.63) is 40.4 Å². The molecule has 0 fully saturated rings. The van der Waals surface area contributed by atoms with Crippen LogP contribution in [-0.4, -0.2) is 4.98 Å². The van der Waals surface area contributed by atoms with Gasteiger partial charge in [0.2, 0.25) is 0 Å². The van der Waals surface area contributed by atoms with Gasteiger partial charge in [-0.25, -0.2) is 4.98 Å². The highest BCUT2D eigenvalue weighted by atomic mass is 32.1. The van der Waals surface area contributed by atoms with Crippen molar-refractivity contribution >= 4 is 22.2 Å². The van der Waals surface area contributed by atoms with Crippen LogP contribution in [0.2, 0.25) is 0 Å². The molecule has 0 amide bonds. The number of thiazole rings is 1. The van der Waals surface area contributed by atoms with Crippen LogP contribution in [-0.2, 0) is 19.4 Å². The zero-order valence-corrected chi connectivity index (χ0v) is 11.7. The van der Waals surface area contributed by atoms with Crippen molar-refractivity contribution in [3.8, 4) is 0 Å². The van der Waals surface area contributed by atoms with Crippen LogP contribution < -0.4 is 11.1 Å². The fourth-order valence-corrected chi connectivity index (χ4v) is 2.62. The topological polar surface area (TPSA) is 50.9 Å². The molecule has 0 atom stereocenters. The average Bonchev–Trinajstić information content (AvgIpc) is 2.81. The predicted molar refractivity (Wildman–Crippen MR) is 79.1 cm³/mol. The van der Waals surface area contributed by atoms with E-state index in [0.29, 0.717) is 5.13 Å². The molecule has 0 aliphatic heterocycles. The minimum Gasteiger partial charge on any atom is -0.379 e. The van der Waals surface area contributed by atoms with Crippen molar-refractivity contribution in [2.24, 2.45) is 0 Å². The van der Waals surface area contributed by atoms with Crippen LogP contribution in [0.5, 0.6) is 0 Å². The summed E-state index contributed by atoms with van der Waals surface area (Å²) in [7, 11) is 0. The maximum atomic E-state index is 5.64. The number of para-hydroxylation sites is 1. The molecule has 0 aliphatic rings. The molecular formula is C14H19N3S. The lowest BCUT2D eigenvalue weighted by atomic mass is 10.0. The second-order valence-corrected chi connectivity index (χ2v) is 5.08. The van der Waals surface area contributed by atoms with Crippen LogP contribution in [0.3, 0.4) is 0 Å². The lowest BCUT2D eigenvalue weighted by Gasteiger charge is -2.14. The number of aryl methyl sites for hydroxylation is 2. The number of nitrogen functional groups attached to an aromatic ring is 1. The number of aromatic nitrogens is 1. The van der Waals surface area contributed by atoms with E-state index in [1.54, 1.807) is 0 Å². The van der Waals surface area contributed by atoms with E-state index in [1.807, 2.05) is 5.38 Å². The van der Waals surface area contributed by atoms with Crippen molar-refractivity contribution in [1.29, 1.82) is 0 Å². The summed E-state index contributed by atoms with van der Waals surface area (Å²) < 4.78 is 0. The van der Waals surface area contributed by atoms with Gasteiger partial charge in [0.25, 0.3) is 0 Å². The first kappa shape index (κ1) is 12.9. The fraction of sp³-hybridized carbons (Fsp3) is 0.357. The van der Waals surface area contributed by atoms with E-state index >= 15 is 0 Å². The molecule has 0 aliphatic carbocycles. The Morgan fingerprint density at radius 1 is 1.22 bits per heavy atom. The van der Waals surface area contributed by atoms with Gasteiger partial charge in [0.1, 0.15) is 0 Å². The molecule has 0 saturated heterocycles. The number of nitrogens with one attached hydrogen (secondary N) is 1. The third kappa shape index (κ3) is 2.82. The molecule has 3 nitrogen and oxygen atoms in total. The third-order valence-corrected chi connectivity index (χ3v) is 3.74. The van der Waals surface area contributed by atoms with E-state index in [9.17, 15) is 0 Å². The van der Waals surface area contributed by atoms with Crippen molar-refractivity contribution in [2.45, 2.75) is 33.2 Å². The predicted octanol–water partition coefficient (Wildman–Crippen LogP) is 3.46. The molecule has 1 aromatic carbocycles. The number of nitrogens with two attached hydrogens (primary N) is 1.